The number of aromatic nitrogens is 3. The number of thiophene rings is 1. The van der Waals surface area contributed by atoms with Gasteiger partial charge in [-0.15, -0.1) is 11.3 Å². The highest BCUT2D eigenvalue weighted by molar-refractivity contribution is 7.98. The average molecular weight is 388 g/mol. The minimum atomic E-state index is 0.0835. The summed E-state index contributed by atoms with van der Waals surface area (Å²) in [4.78, 5) is 24.5. The van der Waals surface area contributed by atoms with E-state index < -0.39 is 0 Å². The van der Waals surface area contributed by atoms with Crippen LogP contribution in [0.1, 0.15) is 28.8 Å². The van der Waals surface area contributed by atoms with Gasteiger partial charge in [-0.1, -0.05) is 17.8 Å². The van der Waals surface area contributed by atoms with E-state index in [1.165, 1.54) is 16.9 Å². The number of rotatable bonds is 6. The molecule has 1 aliphatic rings. The summed E-state index contributed by atoms with van der Waals surface area (Å²) in [6.45, 7) is 1.03. The molecule has 0 saturated heterocycles. The second kappa shape index (κ2) is 7.90. The van der Waals surface area contributed by atoms with Gasteiger partial charge in [0.2, 0.25) is 0 Å². The summed E-state index contributed by atoms with van der Waals surface area (Å²) < 4.78 is 7.01. The van der Waals surface area contributed by atoms with E-state index in [9.17, 15) is 4.79 Å². The fourth-order valence-electron chi connectivity index (χ4n) is 3.34. The Morgan fingerprint density at radius 2 is 2.23 bits per heavy atom. The molecule has 1 aliphatic carbocycles. The van der Waals surface area contributed by atoms with Crippen LogP contribution in [0.5, 0.6) is 0 Å². The molecule has 0 unspecified atom stereocenters. The molecule has 0 fully saturated rings. The second-order valence-corrected chi connectivity index (χ2v) is 8.41. The van der Waals surface area contributed by atoms with Crippen molar-refractivity contribution in [3.63, 3.8) is 0 Å². The monoisotopic (exact) mass is 387 g/mol. The van der Waals surface area contributed by atoms with Crippen LogP contribution in [0.25, 0.3) is 10.2 Å². The standard InChI is InChI=1S/C19H21N3O2S2/c1-24-10-9-22-18(23)16-14-6-2-3-7-15(14)26-17(16)21-19(22)25-12-13-5-4-8-20-11-13/h4-5,8,11H,2-3,6-7,9-10,12H2,1H3. The van der Waals surface area contributed by atoms with E-state index in [0.717, 1.165) is 46.0 Å². The fourth-order valence-corrected chi connectivity index (χ4v) is 5.60. The van der Waals surface area contributed by atoms with E-state index in [-0.39, 0.29) is 5.56 Å². The van der Waals surface area contributed by atoms with Crippen molar-refractivity contribution in [1.29, 1.82) is 0 Å². The first kappa shape index (κ1) is 17.7. The van der Waals surface area contributed by atoms with Crippen molar-refractivity contribution >= 4 is 33.3 Å². The molecule has 0 N–H and O–H groups in total. The fraction of sp³-hybridized carbons (Fsp3) is 0.421. The number of hydrogen-bond acceptors (Lipinski definition) is 6. The lowest BCUT2D eigenvalue weighted by molar-refractivity contribution is 0.183. The molecule has 0 aliphatic heterocycles. The number of thioether (sulfide) groups is 1. The van der Waals surface area contributed by atoms with Gasteiger partial charge < -0.3 is 4.74 Å². The van der Waals surface area contributed by atoms with Gasteiger partial charge in [0.25, 0.3) is 5.56 Å². The van der Waals surface area contributed by atoms with Crippen molar-refractivity contribution in [3.8, 4) is 0 Å². The number of aryl methyl sites for hydroxylation is 2. The zero-order chi connectivity index (χ0) is 17.9. The first-order valence-electron chi connectivity index (χ1n) is 8.83. The van der Waals surface area contributed by atoms with E-state index in [1.807, 2.05) is 18.3 Å². The molecule has 7 heteroatoms. The number of nitrogens with zero attached hydrogens (tertiary/aromatic N) is 3. The zero-order valence-electron chi connectivity index (χ0n) is 14.7. The predicted molar refractivity (Wildman–Crippen MR) is 106 cm³/mol. The van der Waals surface area contributed by atoms with Crippen LogP contribution in [0.15, 0.2) is 34.5 Å². The van der Waals surface area contributed by atoms with E-state index in [4.69, 9.17) is 9.72 Å². The molecule has 0 saturated carbocycles. The summed E-state index contributed by atoms with van der Waals surface area (Å²) in [5.41, 5.74) is 2.44. The number of pyridine rings is 1. The first-order valence-corrected chi connectivity index (χ1v) is 10.6. The van der Waals surface area contributed by atoms with Gasteiger partial charge in [-0.2, -0.15) is 0 Å². The Morgan fingerprint density at radius 1 is 1.35 bits per heavy atom. The molecule has 0 bridgehead atoms. The largest absolute Gasteiger partial charge is 0.383 e. The molecule has 0 amide bonds. The molecule has 4 rings (SSSR count). The highest BCUT2D eigenvalue weighted by Crippen LogP contribution is 2.35. The second-order valence-electron chi connectivity index (χ2n) is 6.38. The quantitative estimate of drug-likeness (QED) is 0.477. The molecule has 0 aromatic carbocycles. The molecule has 5 nitrogen and oxygen atoms in total. The third-order valence-corrected chi connectivity index (χ3v) is 6.88. The molecular formula is C19H21N3O2S2. The van der Waals surface area contributed by atoms with Gasteiger partial charge in [0.05, 0.1) is 18.5 Å². The number of fused-ring (bicyclic) bond motifs is 3. The Morgan fingerprint density at radius 3 is 3.04 bits per heavy atom. The van der Waals surface area contributed by atoms with E-state index >= 15 is 0 Å². The van der Waals surface area contributed by atoms with E-state index in [1.54, 1.807) is 41.0 Å². The number of hydrogen-bond donors (Lipinski definition) is 0. The lowest BCUT2D eigenvalue weighted by atomic mass is 9.97. The molecule has 3 heterocycles. The van der Waals surface area contributed by atoms with Gasteiger partial charge in [0.1, 0.15) is 4.83 Å². The number of ether oxygens (including phenoxy) is 1. The molecule has 26 heavy (non-hydrogen) atoms. The van der Waals surface area contributed by atoms with Crippen LogP contribution in [-0.4, -0.2) is 28.3 Å². The van der Waals surface area contributed by atoms with Crippen molar-refractivity contribution in [1.82, 2.24) is 14.5 Å². The normalized spacial score (nSPS) is 13.9. The van der Waals surface area contributed by atoms with Crippen LogP contribution in [-0.2, 0) is 29.9 Å². The molecule has 0 spiro atoms. The van der Waals surface area contributed by atoms with Crippen LogP contribution >= 0.6 is 23.1 Å². The highest BCUT2D eigenvalue weighted by Gasteiger charge is 2.22. The highest BCUT2D eigenvalue weighted by atomic mass is 32.2. The Labute approximate surface area is 160 Å². The molecule has 0 atom stereocenters. The van der Waals surface area contributed by atoms with Crippen LogP contribution in [0.2, 0.25) is 0 Å². The summed E-state index contributed by atoms with van der Waals surface area (Å²) in [5.74, 6) is 0.740. The minimum Gasteiger partial charge on any atom is -0.383 e. The van der Waals surface area contributed by atoms with Gasteiger partial charge in [0, 0.05) is 30.1 Å². The lowest BCUT2D eigenvalue weighted by Crippen LogP contribution is -2.25. The summed E-state index contributed by atoms with van der Waals surface area (Å²) >= 11 is 3.29. The Hall–Kier alpha value is -1.70. The summed E-state index contributed by atoms with van der Waals surface area (Å²) in [5, 5.41) is 1.61. The van der Waals surface area contributed by atoms with Crippen molar-refractivity contribution in [3.05, 3.63) is 50.9 Å². The topological polar surface area (TPSA) is 57.0 Å². The van der Waals surface area contributed by atoms with Gasteiger partial charge in [-0.05, 0) is 42.9 Å². The van der Waals surface area contributed by atoms with Crippen molar-refractivity contribution in [2.45, 2.75) is 43.1 Å². The van der Waals surface area contributed by atoms with Crippen LogP contribution in [0, 0.1) is 0 Å². The molecule has 136 valence electrons. The van der Waals surface area contributed by atoms with Crippen LogP contribution in [0.4, 0.5) is 0 Å². The lowest BCUT2D eigenvalue weighted by Gasteiger charge is -2.13. The molecule has 3 aromatic rings. The SMILES string of the molecule is COCCn1c(SCc2cccnc2)nc2sc3c(c2c1=O)CCCC3. The maximum absolute atomic E-state index is 13.2. The smallest absolute Gasteiger partial charge is 0.263 e. The van der Waals surface area contributed by atoms with Gasteiger partial charge in [-0.25, -0.2) is 4.98 Å². The van der Waals surface area contributed by atoms with Crippen LogP contribution < -0.4 is 5.56 Å². The summed E-state index contributed by atoms with van der Waals surface area (Å²) in [6, 6.07) is 3.97. The van der Waals surface area contributed by atoms with Gasteiger partial charge >= 0.3 is 0 Å². The molecule has 3 aromatic heterocycles. The number of methoxy groups -OCH3 is 1. The van der Waals surface area contributed by atoms with Crippen molar-refractivity contribution < 1.29 is 4.74 Å². The van der Waals surface area contributed by atoms with Gasteiger partial charge in [0.15, 0.2) is 5.16 Å². The molecular weight excluding hydrogens is 366 g/mol. The summed E-state index contributed by atoms with van der Waals surface area (Å²) in [7, 11) is 1.66. The predicted octanol–water partition coefficient (Wildman–Crippen LogP) is 3.67. The maximum Gasteiger partial charge on any atom is 0.263 e. The third-order valence-electron chi connectivity index (χ3n) is 4.65. The molecule has 0 radical (unpaired) electrons. The maximum atomic E-state index is 13.2. The van der Waals surface area contributed by atoms with Crippen molar-refractivity contribution in [2.24, 2.45) is 0 Å². The summed E-state index contributed by atoms with van der Waals surface area (Å²) in [6.07, 6.45) is 8.06. The Balaban J connectivity index is 1.76. The first-order chi connectivity index (χ1) is 12.8. The third kappa shape index (κ3) is 3.43. The zero-order valence-corrected chi connectivity index (χ0v) is 16.4. The Kier molecular flexibility index (Phi) is 5.38. The van der Waals surface area contributed by atoms with Crippen molar-refractivity contribution in [2.75, 3.05) is 13.7 Å². The van der Waals surface area contributed by atoms with E-state index in [0.29, 0.717) is 13.2 Å². The van der Waals surface area contributed by atoms with Crippen LogP contribution in [0.3, 0.4) is 0 Å². The Bertz CT molecular complexity index is 966. The minimum absolute atomic E-state index is 0.0835. The van der Waals surface area contributed by atoms with E-state index in [2.05, 4.69) is 4.98 Å². The average Bonchev–Trinajstić information content (AvgIpc) is 3.05. The van der Waals surface area contributed by atoms with Gasteiger partial charge in [-0.3, -0.25) is 14.3 Å².